The van der Waals surface area contributed by atoms with Crippen molar-refractivity contribution in [3.8, 4) is 0 Å². The summed E-state index contributed by atoms with van der Waals surface area (Å²) in [7, 11) is 0. The van der Waals surface area contributed by atoms with Crippen molar-refractivity contribution in [3.63, 3.8) is 0 Å². The minimum atomic E-state index is -0.805. The second-order valence-corrected chi connectivity index (χ2v) is 5.09. The minimum absolute atomic E-state index is 0.106. The molecule has 1 atom stereocenters. The van der Waals surface area contributed by atoms with E-state index in [1.165, 1.54) is 23.4 Å². The molecule has 1 aromatic carbocycles. The highest BCUT2D eigenvalue weighted by atomic mass is 19.2. The molecule has 0 aliphatic heterocycles. The van der Waals surface area contributed by atoms with Crippen LogP contribution in [0.4, 0.5) is 8.78 Å². The molecule has 100 valence electrons. The minimum Gasteiger partial charge on any atom is -0.347 e. The summed E-state index contributed by atoms with van der Waals surface area (Å²) < 4.78 is 28.2. The summed E-state index contributed by atoms with van der Waals surface area (Å²) in [5.74, 6) is -1.60. The van der Waals surface area contributed by atoms with Crippen LogP contribution in [0.2, 0.25) is 0 Å². The first-order valence-electron chi connectivity index (χ1n) is 6.52. The highest BCUT2D eigenvalue weighted by Crippen LogP contribution is 2.29. The third-order valence-electron chi connectivity index (χ3n) is 3.78. The first-order valence-corrected chi connectivity index (χ1v) is 6.52. The zero-order chi connectivity index (χ0) is 13.4. The molecular weight excluding hydrogens is 246 g/mol. The molecule has 0 fully saturated rings. The van der Waals surface area contributed by atoms with Crippen molar-refractivity contribution in [2.75, 3.05) is 0 Å². The van der Waals surface area contributed by atoms with Crippen LogP contribution >= 0.6 is 0 Å². The van der Waals surface area contributed by atoms with Gasteiger partial charge >= 0.3 is 0 Å². The monoisotopic (exact) mass is 262 g/mol. The summed E-state index contributed by atoms with van der Waals surface area (Å²) in [6, 6.07) is 6.19. The molecule has 1 heterocycles. The van der Waals surface area contributed by atoms with Gasteiger partial charge in [0.15, 0.2) is 11.6 Å². The number of hydrogen-bond donors (Lipinski definition) is 1. The largest absolute Gasteiger partial charge is 0.347 e. The summed E-state index contributed by atoms with van der Waals surface area (Å²) in [5.41, 5.74) is 9.25. The fourth-order valence-corrected chi connectivity index (χ4v) is 2.78. The van der Waals surface area contributed by atoms with Crippen molar-refractivity contribution in [2.45, 2.75) is 31.8 Å². The van der Waals surface area contributed by atoms with Gasteiger partial charge in [0.05, 0.1) is 0 Å². The quantitative estimate of drug-likeness (QED) is 0.885. The molecule has 1 unspecified atom stereocenters. The van der Waals surface area contributed by atoms with Crippen molar-refractivity contribution < 1.29 is 8.78 Å². The first-order chi connectivity index (χ1) is 9.15. The van der Waals surface area contributed by atoms with E-state index in [1.807, 2.05) is 12.3 Å². The lowest BCUT2D eigenvalue weighted by Crippen LogP contribution is -2.18. The van der Waals surface area contributed by atoms with E-state index >= 15 is 0 Å². The summed E-state index contributed by atoms with van der Waals surface area (Å²) in [4.78, 5) is 0. The lowest BCUT2D eigenvalue weighted by atomic mass is 9.93. The zero-order valence-electron chi connectivity index (χ0n) is 10.6. The third kappa shape index (κ3) is 2.28. The highest BCUT2D eigenvalue weighted by Gasteiger charge is 2.20. The number of hydrogen-bond acceptors (Lipinski definition) is 1. The average Bonchev–Trinajstić information content (AvgIpc) is 2.79. The summed E-state index contributed by atoms with van der Waals surface area (Å²) in [5, 5.41) is 0. The Morgan fingerprint density at radius 1 is 1.21 bits per heavy atom. The Morgan fingerprint density at radius 3 is 2.84 bits per heavy atom. The number of aromatic nitrogens is 1. The average molecular weight is 262 g/mol. The predicted molar refractivity (Wildman–Crippen MR) is 69.8 cm³/mol. The predicted octanol–water partition coefficient (Wildman–Crippen LogP) is 3.15. The topological polar surface area (TPSA) is 30.9 Å². The van der Waals surface area contributed by atoms with E-state index in [9.17, 15) is 8.78 Å². The van der Waals surface area contributed by atoms with Crippen molar-refractivity contribution in [3.05, 3.63) is 58.9 Å². The summed E-state index contributed by atoms with van der Waals surface area (Å²) in [6.07, 6.45) is 5.08. The SMILES string of the molecule is NC1CCCc2c1ccn2Cc1ccc(F)c(F)c1. The van der Waals surface area contributed by atoms with Crippen LogP contribution in [0.15, 0.2) is 30.5 Å². The van der Waals surface area contributed by atoms with Crippen molar-refractivity contribution in [1.82, 2.24) is 4.57 Å². The van der Waals surface area contributed by atoms with Crippen LogP contribution in [0, 0.1) is 11.6 Å². The van der Waals surface area contributed by atoms with Gasteiger partial charge in [-0.3, -0.25) is 0 Å². The maximum atomic E-state index is 13.2. The third-order valence-corrected chi connectivity index (χ3v) is 3.78. The molecule has 0 saturated heterocycles. The number of benzene rings is 1. The van der Waals surface area contributed by atoms with Crippen LogP contribution in [-0.4, -0.2) is 4.57 Å². The molecule has 1 aliphatic rings. The number of halogens is 2. The van der Waals surface area contributed by atoms with E-state index in [2.05, 4.69) is 4.57 Å². The van der Waals surface area contributed by atoms with Gasteiger partial charge in [0.1, 0.15) is 0 Å². The fraction of sp³-hybridized carbons (Fsp3) is 0.333. The van der Waals surface area contributed by atoms with E-state index < -0.39 is 11.6 Å². The molecule has 2 nitrogen and oxygen atoms in total. The summed E-state index contributed by atoms with van der Waals surface area (Å²) >= 11 is 0. The zero-order valence-corrected chi connectivity index (χ0v) is 10.6. The van der Waals surface area contributed by atoms with Crippen LogP contribution in [0.25, 0.3) is 0 Å². The maximum absolute atomic E-state index is 13.2. The second kappa shape index (κ2) is 4.78. The lowest BCUT2D eigenvalue weighted by Gasteiger charge is -2.21. The molecule has 1 aromatic heterocycles. The molecular formula is C15H16F2N2. The van der Waals surface area contributed by atoms with Gasteiger partial charge in [-0.2, -0.15) is 0 Å². The van der Waals surface area contributed by atoms with E-state index in [0.29, 0.717) is 6.54 Å². The first kappa shape index (κ1) is 12.4. The van der Waals surface area contributed by atoms with Crippen LogP contribution in [0.5, 0.6) is 0 Å². The molecule has 0 bridgehead atoms. The van der Waals surface area contributed by atoms with Crippen molar-refractivity contribution in [2.24, 2.45) is 5.73 Å². The van der Waals surface area contributed by atoms with Gasteiger partial charge in [-0.15, -0.1) is 0 Å². The Bertz CT molecular complexity index is 604. The van der Waals surface area contributed by atoms with Gasteiger partial charge in [-0.05, 0) is 48.6 Å². The van der Waals surface area contributed by atoms with Gasteiger partial charge in [-0.1, -0.05) is 6.07 Å². The molecule has 1 aliphatic carbocycles. The van der Waals surface area contributed by atoms with Crippen LogP contribution in [-0.2, 0) is 13.0 Å². The molecule has 0 saturated carbocycles. The number of nitrogens with two attached hydrogens (primary N) is 1. The van der Waals surface area contributed by atoms with Crippen LogP contribution in [0.1, 0.15) is 35.7 Å². The van der Waals surface area contributed by atoms with Gasteiger partial charge in [0, 0.05) is 24.5 Å². The van der Waals surface area contributed by atoms with E-state index in [0.717, 1.165) is 24.8 Å². The highest BCUT2D eigenvalue weighted by molar-refractivity contribution is 5.29. The Hall–Kier alpha value is -1.68. The normalized spacial score (nSPS) is 18.4. The second-order valence-electron chi connectivity index (χ2n) is 5.09. The molecule has 0 radical (unpaired) electrons. The number of rotatable bonds is 2. The molecule has 3 rings (SSSR count). The van der Waals surface area contributed by atoms with Gasteiger partial charge in [0.2, 0.25) is 0 Å². The molecule has 2 N–H and O–H groups in total. The summed E-state index contributed by atoms with van der Waals surface area (Å²) in [6.45, 7) is 0.555. The van der Waals surface area contributed by atoms with Gasteiger partial charge < -0.3 is 10.3 Å². The van der Waals surface area contributed by atoms with E-state index in [-0.39, 0.29) is 6.04 Å². The van der Waals surface area contributed by atoms with Crippen molar-refractivity contribution in [1.29, 1.82) is 0 Å². The van der Waals surface area contributed by atoms with Gasteiger partial charge in [0.25, 0.3) is 0 Å². The Kier molecular flexibility index (Phi) is 3.11. The number of nitrogens with zero attached hydrogens (tertiary/aromatic N) is 1. The molecule has 0 spiro atoms. The van der Waals surface area contributed by atoms with E-state index in [1.54, 1.807) is 6.07 Å². The van der Waals surface area contributed by atoms with Crippen molar-refractivity contribution >= 4 is 0 Å². The fourth-order valence-electron chi connectivity index (χ4n) is 2.78. The van der Waals surface area contributed by atoms with Crippen LogP contribution in [0.3, 0.4) is 0 Å². The number of fused-ring (bicyclic) bond motifs is 1. The molecule has 2 aromatic rings. The van der Waals surface area contributed by atoms with Gasteiger partial charge in [-0.25, -0.2) is 8.78 Å². The smallest absolute Gasteiger partial charge is 0.159 e. The van der Waals surface area contributed by atoms with Crippen LogP contribution < -0.4 is 5.73 Å². The standard InChI is InChI=1S/C15H16F2N2/c16-12-5-4-10(8-13(12)17)9-19-7-6-11-14(18)2-1-3-15(11)19/h4-8,14H,1-3,9,18H2. The maximum Gasteiger partial charge on any atom is 0.159 e. The Balaban J connectivity index is 1.89. The lowest BCUT2D eigenvalue weighted by molar-refractivity contribution is 0.505. The Morgan fingerprint density at radius 2 is 2.05 bits per heavy atom. The van der Waals surface area contributed by atoms with E-state index in [4.69, 9.17) is 5.73 Å². The molecule has 4 heteroatoms. The molecule has 19 heavy (non-hydrogen) atoms. The molecule has 0 amide bonds. The Labute approximate surface area is 110 Å².